The van der Waals surface area contributed by atoms with Crippen molar-refractivity contribution in [2.45, 2.75) is 43.9 Å². The average Bonchev–Trinajstić information content (AvgIpc) is 2.61. The first kappa shape index (κ1) is 12.7. The molecule has 0 radical (unpaired) electrons. The lowest BCUT2D eigenvalue weighted by molar-refractivity contribution is 0.525. The molecule has 0 aromatic heterocycles. The molecule has 2 unspecified atom stereocenters. The Kier molecular flexibility index (Phi) is 7.17. The van der Waals surface area contributed by atoms with Crippen molar-refractivity contribution >= 4 is 23.5 Å². The molecule has 0 aromatic rings. The van der Waals surface area contributed by atoms with Gasteiger partial charge in [-0.3, -0.25) is 0 Å². The summed E-state index contributed by atoms with van der Waals surface area (Å²) in [5.74, 6) is 2.58. The minimum Gasteiger partial charge on any atom is -0.314 e. The predicted molar refractivity (Wildman–Crippen MR) is 70.6 cm³/mol. The van der Waals surface area contributed by atoms with E-state index >= 15 is 0 Å². The van der Waals surface area contributed by atoms with E-state index in [0.29, 0.717) is 0 Å². The van der Waals surface area contributed by atoms with Crippen LogP contribution in [0.15, 0.2) is 0 Å². The van der Waals surface area contributed by atoms with E-state index in [1.165, 1.54) is 43.7 Å². The first-order chi connectivity index (χ1) is 6.86. The molecule has 1 aliphatic rings. The smallest absolute Gasteiger partial charge is 0.00780 e. The molecule has 2 atom stereocenters. The monoisotopic (exact) mass is 233 g/mol. The Morgan fingerprint density at radius 1 is 1.36 bits per heavy atom. The molecule has 1 aliphatic carbocycles. The maximum atomic E-state index is 3.68. The maximum Gasteiger partial charge on any atom is 0.00780 e. The minimum absolute atomic E-state index is 0.820. The van der Waals surface area contributed by atoms with Crippen LogP contribution in [0.4, 0.5) is 0 Å². The van der Waals surface area contributed by atoms with Crippen LogP contribution in [0, 0.1) is 0 Å². The van der Waals surface area contributed by atoms with E-state index in [9.17, 15) is 0 Å². The summed E-state index contributed by atoms with van der Waals surface area (Å²) in [7, 11) is 0. The van der Waals surface area contributed by atoms with Gasteiger partial charge in [-0.25, -0.2) is 0 Å². The standard InChI is InChI=1S/C11H23NS2/c1-3-14-11-6-5-10(9-11)12-7-4-8-13-2/h10-12H,3-9H2,1-2H3. The van der Waals surface area contributed by atoms with Gasteiger partial charge in [0.1, 0.15) is 0 Å². The lowest BCUT2D eigenvalue weighted by Crippen LogP contribution is -2.27. The van der Waals surface area contributed by atoms with E-state index in [1.807, 2.05) is 11.8 Å². The molecule has 0 heterocycles. The first-order valence-corrected chi connectivity index (χ1v) is 8.15. The highest BCUT2D eigenvalue weighted by molar-refractivity contribution is 7.99. The van der Waals surface area contributed by atoms with Gasteiger partial charge >= 0.3 is 0 Å². The second kappa shape index (κ2) is 7.89. The molecule has 0 aromatic carbocycles. The lowest BCUT2D eigenvalue weighted by Gasteiger charge is -2.12. The molecule has 3 heteroatoms. The zero-order valence-corrected chi connectivity index (χ0v) is 11.1. The van der Waals surface area contributed by atoms with Crippen molar-refractivity contribution in [1.29, 1.82) is 0 Å². The summed E-state index contributed by atoms with van der Waals surface area (Å²) >= 11 is 4.09. The third-order valence-corrected chi connectivity index (χ3v) is 4.67. The number of thioether (sulfide) groups is 2. The Labute approximate surface area is 97.2 Å². The molecule has 0 aliphatic heterocycles. The average molecular weight is 233 g/mol. The van der Waals surface area contributed by atoms with Crippen LogP contribution in [-0.4, -0.2) is 35.6 Å². The van der Waals surface area contributed by atoms with E-state index in [2.05, 4.69) is 30.3 Å². The van der Waals surface area contributed by atoms with Gasteiger partial charge in [0.05, 0.1) is 0 Å². The molecule has 0 spiro atoms. The molecule has 0 saturated heterocycles. The SMILES string of the molecule is CCSC1CCC(NCCCSC)C1. The maximum absolute atomic E-state index is 3.68. The van der Waals surface area contributed by atoms with Gasteiger partial charge in [0, 0.05) is 11.3 Å². The Morgan fingerprint density at radius 3 is 2.93 bits per heavy atom. The van der Waals surface area contributed by atoms with Gasteiger partial charge in [-0.1, -0.05) is 6.92 Å². The predicted octanol–water partition coefficient (Wildman–Crippen LogP) is 3.00. The summed E-state index contributed by atoms with van der Waals surface area (Å²) in [6, 6.07) is 0.820. The van der Waals surface area contributed by atoms with Crippen LogP contribution < -0.4 is 5.32 Å². The van der Waals surface area contributed by atoms with E-state index in [-0.39, 0.29) is 0 Å². The summed E-state index contributed by atoms with van der Waals surface area (Å²) in [5, 5.41) is 4.62. The second-order valence-electron chi connectivity index (χ2n) is 3.89. The molecule has 0 amide bonds. The van der Waals surface area contributed by atoms with E-state index in [4.69, 9.17) is 0 Å². The minimum atomic E-state index is 0.820. The van der Waals surface area contributed by atoms with Crippen molar-refractivity contribution in [2.75, 3.05) is 24.3 Å². The van der Waals surface area contributed by atoms with Gasteiger partial charge in [0.25, 0.3) is 0 Å². The molecular formula is C11H23NS2. The lowest BCUT2D eigenvalue weighted by atomic mass is 10.2. The fraction of sp³-hybridized carbons (Fsp3) is 1.00. The third kappa shape index (κ3) is 4.94. The van der Waals surface area contributed by atoms with Crippen molar-refractivity contribution in [1.82, 2.24) is 5.32 Å². The van der Waals surface area contributed by atoms with E-state index in [0.717, 1.165) is 11.3 Å². The summed E-state index contributed by atoms with van der Waals surface area (Å²) in [6.45, 7) is 3.49. The van der Waals surface area contributed by atoms with Gasteiger partial charge in [0.15, 0.2) is 0 Å². The summed E-state index contributed by atoms with van der Waals surface area (Å²) in [6.07, 6.45) is 7.74. The highest BCUT2D eigenvalue weighted by Crippen LogP contribution is 2.29. The molecule has 0 bridgehead atoms. The zero-order valence-electron chi connectivity index (χ0n) is 9.42. The van der Waals surface area contributed by atoms with Gasteiger partial charge in [-0.15, -0.1) is 0 Å². The van der Waals surface area contributed by atoms with Crippen molar-refractivity contribution in [3.05, 3.63) is 0 Å². The fourth-order valence-electron chi connectivity index (χ4n) is 2.04. The highest BCUT2D eigenvalue weighted by Gasteiger charge is 2.23. The van der Waals surface area contributed by atoms with Crippen molar-refractivity contribution in [2.24, 2.45) is 0 Å². The number of rotatable bonds is 7. The van der Waals surface area contributed by atoms with Crippen LogP contribution in [0.1, 0.15) is 32.6 Å². The molecule has 84 valence electrons. The Hall–Kier alpha value is 0.660. The van der Waals surface area contributed by atoms with Gasteiger partial charge in [-0.05, 0) is 50.0 Å². The zero-order chi connectivity index (χ0) is 10.2. The Morgan fingerprint density at radius 2 is 2.21 bits per heavy atom. The van der Waals surface area contributed by atoms with Crippen molar-refractivity contribution in [3.8, 4) is 0 Å². The fourth-order valence-corrected chi connectivity index (χ4v) is 3.61. The third-order valence-electron chi connectivity index (χ3n) is 2.75. The number of hydrogen-bond donors (Lipinski definition) is 1. The molecule has 1 rings (SSSR count). The van der Waals surface area contributed by atoms with E-state index < -0.39 is 0 Å². The largest absolute Gasteiger partial charge is 0.314 e. The summed E-state index contributed by atoms with van der Waals surface area (Å²) < 4.78 is 0. The molecule has 1 N–H and O–H groups in total. The van der Waals surface area contributed by atoms with Crippen LogP contribution >= 0.6 is 23.5 Å². The van der Waals surface area contributed by atoms with Crippen LogP contribution in [0.25, 0.3) is 0 Å². The summed E-state index contributed by atoms with van der Waals surface area (Å²) in [5.41, 5.74) is 0. The van der Waals surface area contributed by atoms with Crippen LogP contribution in [-0.2, 0) is 0 Å². The van der Waals surface area contributed by atoms with Gasteiger partial charge < -0.3 is 5.32 Å². The Bertz CT molecular complexity index is 141. The molecule has 1 nitrogen and oxygen atoms in total. The normalized spacial score (nSPS) is 27.0. The summed E-state index contributed by atoms with van der Waals surface area (Å²) in [4.78, 5) is 0. The quantitative estimate of drug-likeness (QED) is 0.679. The van der Waals surface area contributed by atoms with Gasteiger partial charge in [0.2, 0.25) is 0 Å². The topological polar surface area (TPSA) is 12.0 Å². The highest BCUT2D eigenvalue weighted by atomic mass is 32.2. The number of hydrogen-bond acceptors (Lipinski definition) is 3. The second-order valence-corrected chi connectivity index (χ2v) is 6.45. The number of nitrogens with one attached hydrogen (secondary N) is 1. The molecule has 1 fully saturated rings. The molecule has 1 saturated carbocycles. The molecule has 14 heavy (non-hydrogen) atoms. The van der Waals surface area contributed by atoms with Crippen LogP contribution in [0.3, 0.4) is 0 Å². The van der Waals surface area contributed by atoms with E-state index in [1.54, 1.807) is 0 Å². The van der Waals surface area contributed by atoms with Crippen molar-refractivity contribution in [3.63, 3.8) is 0 Å². The van der Waals surface area contributed by atoms with Gasteiger partial charge in [-0.2, -0.15) is 23.5 Å². The first-order valence-electron chi connectivity index (χ1n) is 5.70. The van der Waals surface area contributed by atoms with Crippen LogP contribution in [0.2, 0.25) is 0 Å². The Balaban J connectivity index is 1.98. The molecular weight excluding hydrogens is 210 g/mol. The van der Waals surface area contributed by atoms with Crippen molar-refractivity contribution < 1.29 is 0 Å². The van der Waals surface area contributed by atoms with Crippen LogP contribution in [0.5, 0.6) is 0 Å².